The van der Waals surface area contributed by atoms with Crippen molar-refractivity contribution in [2.75, 3.05) is 26.4 Å². The smallest absolute Gasteiger partial charge is 0.303 e. The molecule has 0 aromatic heterocycles. The van der Waals surface area contributed by atoms with Gasteiger partial charge in [0, 0.05) is 65.1 Å². The van der Waals surface area contributed by atoms with Gasteiger partial charge in [0.1, 0.15) is 23.7 Å². The molecular weight excluding hydrogens is 776 g/mol. The summed E-state index contributed by atoms with van der Waals surface area (Å²) in [5, 5.41) is 38.1. The average molecular weight is 808 g/mol. The number of rotatable bonds is 9. The maximum atomic E-state index is 10.6. The van der Waals surface area contributed by atoms with Crippen LogP contribution >= 0.6 is 63.7 Å². The Kier molecular flexibility index (Phi) is 14.9. The summed E-state index contributed by atoms with van der Waals surface area (Å²) in [6, 6.07) is 0. The third-order valence-corrected chi connectivity index (χ3v) is 9.51. The van der Waals surface area contributed by atoms with Gasteiger partial charge in [0.25, 0.3) is 0 Å². The van der Waals surface area contributed by atoms with Gasteiger partial charge in [-0.3, -0.25) is 9.59 Å². The first-order chi connectivity index (χ1) is 18.1. The van der Waals surface area contributed by atoms with Crippen molar-refractivity contribution in [3.63, 3.8) is 0 Å². The lowest BCUT2D eigenvalue weighted by Gasteiger charge is -2.20. The summed E-state index contributed by atoms with van der Waals surface area (Å²) in [6.45, 7) is 9.11. The molecule has 2 unspecified atom stereocenters. The molecule has 218 valence electrons. The Bertz CT molecular complexity index is 1050. The molecule has 13 heteroatoms. The Balaban J connectivity index is 0.000000406. The third-order valence-electron chi connectivity index (χ3n) is 5.55. The minimum absolute atomic E-state index is 0.0339. The summed E-state index contributed by atoms with van der Waals surface area (Å²) in [5.41, 5.74) is 4.96. The number of benzene rings is 2. The predicted molar refractivity (Wildman–Crippen MR) is 161 cm³/mol. The van der Waals surface area contributed by atoms with Gasteiger partial charge >= 0.3 is 11.9 Å². The Hall–Kier alpha value is -1.22. The molecule has 2 aromatic carbocycles. The van der Waals surface area contributed by atoms with Crippen LogP contribution in [0.25, 0.3) is 11.1 Å². The molecule has 0 saturated carbocycles. The molecule has 0 saturated heterocycles. The van der Waals surface area contributed by atoms with E-state index >= 15 is 0 Å². The van der Waals surface area contributed by atoms with Crippen molar-refractivity contribution < 1.29 is 44.2 Å². The Morgan fingerprint density at radius 2 is 0.897 bits per heavy atom. The average Bonchev–Trinajstić information content (AvgIpc) is 2.89. The summed E-state index contributed by atoms with van der Waals surface area (Å²) in [6.07, 6.45) is -1.52. The number of aliphatic hydroxyl groups excluding tert-OH is 2. The van der Waals surface area contributed by atoms with Gasteiger partial charge in [-0.2, -0.15) is 0 Å². The highest BCUT2D eigenvalue weighted by molar-refractivity contribution is 9.11. The molecule has 2 rings (SSSR count). The van der Waals surface area contributed by atoms with Gasteiger partial charge in [-0.15, -0.1) is 0 Å². The summed E-state index contributed by atoms with van der Waals surface area (Å²) >= 11 is 14.4. The molecule has 0 heterocycles. The van der Waals surface area contributed by atoms with Crippen LogP contribution in [-0.4, -0.2) is 71.0 Å². The van der Waals surface area contributed by atoms with E-state index in [1.54, 1.807) is 0 Å². The normalized spacial score (nSPS) is 12.3. The van der Waals surface area contributed by atoms with Crippen molar-refractivity contribution in [2.45, 2.75) is 53.8 Å². The highest BCUT2D eigenvalue weighted by Gasteiger charge is 2.24. The highest BCUT2D eigenvalue weighted by Crippen LogP contribution is 2.51. The molecule has 2 aromatic rings. The molecule has 0 bridgehead atoms. The second kappa shape index (κ2) is 16.3. The third kappa shape index (κ3) is 9.40. The SMILES string of the molecule is CC(=O)OC(CO)COCC(CO)OC(C)=O.Cc1c(O)c(C)c(Br)c(-c2c(Br)c(C)c(O)c(C)c2Br)c1Br. The second-order valence-electron chi connectivity index (χ2n) is 8.57. The van der Waals surface area contributed by atoms with Crippen LogP contribution < -0.4 is 0 Å². The summed E-state index contributed by atoms with van der Waals surface area (Å²) in [5.74, 6) is -0.512. The molecule has 0 aliphatic heterocycles. The number of halogens is 4. The van der Waals surface area contributed by atoms with Crippen LogP contribution in [0.1, 0.15) is 36.1 Å². The van der Waals surface area contributed by atoms with Crippen molar-refractivity contribution in [3.05, 3.63) is 40.1 Å². The molecular formula is C26H32Br4O9. The largest absolute Gasteiger partial charge is 0.507 e. The first kappa shape index (κ1) is 35.8. The number of carbonyl (C=O) groups excluding carboxylic acids is 2. The van der Waals surface area contributed by atoms with Gasteiger partial charge in [-0.05, 0) is 91.4 Å². The Labute approximate surface area is 261 Å². The molecule has 0 aliphatic carbocycles. The first-order valence-electron chi connectivity index (χ1n) is 11.6. The Morgan fingerprint density at radius 1 is 0.641 bits per heavy atom. The summed E-state index contributed by atoms with van der Waals surface area (Å²) < 4.78 is 17.7. The van der Waals surface area contributed by atoms with Gasteiger partial charge in [0.2, 0.25) is 0 Å². The number of phenols is 2. The minimum atomic E-state index is -0.760. The number of aliphatic hydroxyl groups is 2. The van der Waals surface area contributed by atoms with Crippen LogP contribution in [0.4, 0.5) is 0 Å². The van der Waals surface area contributed by atoms with Crippen LogP contribution in [0.15, 0.2) is 17.9 Å². The van der Waals surface area contributed by atoms with E-state index in [0.29, 0.717) is 0 Å². The zero-order chi connectivity index (χ0) is 30.2. The van der Waals surface area contributed by atoms with Gasteiger partial charge in [0.15, 0.2) is 0 Å². The molecule has 0 aliphatic rings. The van der Waals surface area contributed by atoms with E-state index in [-0.39, 0.29) is 37.9 Å². The number of hydrogen-bond acceptors (Lipinski definition) is 9. The van der Waals surface area contributed by atoms with Crippen molar-refractivity contribution in [2.24, 2.45) is 0 Å². The quantitative estimate of drug-likeness (QED) is 0.228. The number of esters is 2. The van der Waals surface area contributed by atoms with E-state index in [0.717, 1.165) is 51.3 Å². The van der Waals surface area contributed by atoms with Gasteiger partial charge in [-0.25, -0.2) is 0 Å². The monoisotopic (exact) mass is 804 g/mol. The zero-order valence-corrected chi connectivity index (χ0v) is 28.7. The van der Waals surface area contributed by atoms with E-state index in [1.807, 2.05) is 27.7 Å². The number of ether oxygens (including phenoxy) is 3. The maximum absolute atomic E-state index is 10.6. The standard InChI is InChI=1S/C16H14Br4O2.C10H18O7/c1-5-11(17)9(12(18)6(2)15(5)21)10-13(19)7(3)16(22)8(4)14(10)20;1-7(13)16-9(3-11)5-15-6-10(4-12)17-8(2)14/h21-22H,1-4H3;9-12H,3-6H2,1-2H3. The number of carbonyl (C=O) groups is 2. The highest BCUT2D eigenvalue weighted by atomic mass is 79.9. The molecule has 2 atom stereocenters. The topological polar surface area (TPSA) is 143 Å². The van der Waals surface area contributed by atoms with Crippen molar-refractivity contribution in [3.8, 4) is 22.6 Å². The molecule has 9 nitrogen and oxygen atoms in total. The minimum Gasteiger partial charge on any atom is -0.507 e. The fraction of sp³-hybridized carbons (Fsp3) is 0.462. The van der Waals surface area contributed by atoms with Gasteiger partial charge < -0.3 is 34.6 Å². The van der Waals surface area contributed by atoms with Crippen LogP contribution in [0, 0.1) is 27.7 Å². The number of phenolic OH excluding ortho intramolecular Hbond substituents is 2. The van der Waals surface area contributed by atoms with Gasteiger partial charge in [0.05, 0.1) is 26.4 Å². The molecule has 39 heavy (non-hydrogen) atoms. The molecule has 4 N–H and O–H groups in total. The first-order valence-corrected chi connectivity index (χ1v) is 14.8. The number of aromatic hydroxyl groups is 2. The van der Waals surface area contributed by atoms with E-state index in [1.165, 1.54) is 13.8 Å². The van der Waals surface area contributed by atoms with Crippen LogP contribution in [0.2, 0.25) is 0 Å². The summed E-state index contributed by atoms with van der Waals surface area (Å²) in [7, 11) is 0. The van der Waals surface area contributed by atoms with E-state index < -0.39 is 24.1 Å². The summed E-state index contributed by atoms with van der Waals surface area (Å²) in [4.78, 5) is 21.2. The van der Waals surface area contributed by atoms with E-state index in [2.05, 4.69) is 63.7 Å². The van der Waals surface area contributed by atoms with Gasteiger partial charge in [-0.1, -0.05) is 0 Å². The molecule has 0 amide bonds. The van der Waals surface area contributed by atoms with Crippen molar-refractivity contribution >= 4 is 75.7 Å². The Morgan fingerprint density at radius 3 is 1.10 bits per heavy atom. The van der Waals surface area contributed by atoms with Crippen molar-refractivity contribution in [1.29, 1.82) is 0 Å². The lowest BCUT2D eigenvalue weighted by molar-refractivity contribution is -0.157. The number of hydrogen-bond donors (Lipinski definition) is 4. The lowest BCUT2D eigenvalue weighted by atomic mass is 9.96. The lowest BCUT2D eigenvalue weighted by Crippen LogP contribution is -2.31. The maximum Gasteiger partial charge on any atom is 0.303 e. The fourth-order valence-corrected chi connectivity index (χ4v) is 6.28. The molecule has 0 fully saturated rings. The van der Waals surface area contributed by atoms with Crippen molar-refractivity contribution in [1.82, 2.24) is 0 Å². The van der Waals surface area contributed by atoms with E-state index in [9.17, 15) is 19.8 Å². The predicted octanol–water partition coefficient (Wildman–Crippen LogP) is 5.90. The fourth-order valence-electron chi connectivity index (χ4n) is 3.41. The van der Waals surface area contributed by atoms with E-state index in [4.69, 9.17) is 24.4 Å². The zero-order valence-electron chi connectivity index (χ0n) is 22.3. The molecule has 0 radical (unpaired) electrons. The van der Waals surface area contributed by atoms with Crippen LogP contribution in [-0.2, 0) is 23.8 Å². The molecule has 0 spiro atoms. The van der Waals surface area contributed by atoms with Crippen LogP contribution in [0.3, 0.4) is 0 Å². The second-order valence-corrected chi connectivity index (χ2v) is 11.7. The van der Waals surface area contributed by atoms with Crippen LogP contribution in [0.5, 0.6) is 11.5 Å².